The van der Waals surface area contributed by atoms with Crippen molar-refractivity contribution in [2.24, 2.45) is 0 Å². The fraction of sp³-hybridized carbons (Fsp3) is 0.188. The molecule has 0 aliphatic carbocycles. The van der Waals surface area contributed by atoms with Crippen LogP contribution in [0.3, 0.4) is 0 Å². The second-order valence-electron chi connectivity index (χ2n) is 5.01. The summed E-state index contributed by atoms with van der Waals surface area (Å²) in [5.74, 6) is 0.721. The fourth-order valence-corrected chi connectivity index (χ4v) is 2.85. The summed E-state index contributed by atoms with van der Waals surface area (Å²) in [6.07, 6.45) is -0.506. The van der Waals surface area contributed by atoms with E-state index in [-0.39, 0.29) is 5.78 Å². The Labute approximate surface area is 110 Å². The lowest BCUT2D eigenvalue weighted by molar-refractivity contribution is -0.179. The van der Waals surface area contributed by atoms with Crippen LogP contribution in [0.1, 0.15) is 34.7 Å². The molecule has 4 rings (SSSR count). The number of carbonyl (C=O) groups excluding carboxylic acids is 1. The highest BCUT2D eigenvalue weighted by molar-refractivity contribution is 6.05. The van der Waals surface area contributed by atoms with Crippen molar-refractivity contribution in [3.63, 3.8) is 0 Å². The van der Waals surface area contributed by atoms with Crippen molar-refractivity contribution in [1.29, 1.82) is 0 Å². The number of carbonyl (C=O) groups is 1. The van der Waals surface area contributed by atoms with Gasteiger partial charge < -0.3 is 9.47 Å². The van der Waals surface area contributed by atoms with Gasteiger partial charge in [0.1, 0.15) is 5.75 Å². The minimum atomic E-state index is -0.951. The Morgan fingerprint density at radius 2 is 1.79 bits per heavy atom. The topological polar surface area (TPSA) is 35.5 Å². The third-order valence-corrected chi connectivity index (χ3v) is 3.87. The molecular weight excluding hydrogens is 240 g/mol. The number of para-hydroxylation sites is 1. The largest absolute Gasteiger partial charge is 0.460 e. The standard InChI is InChI=1S/C16H12O3/c1-16-12-8-4-5-9-13(12)18-15(19-16)11-7-3-2-6-10(11)14(16)17/h2-9,15H,1H3/t15-,16-/m1/s1. The molecule has 0 saturated carbocycles. The fourth-order valence-electron chi connectivity index (χ4n) is 2.85. The molecule has 2 aromatic rings. The molecule has 0 unspecified atom stereocenters. The highest BCUT2D eigenvalue weighted by Gasteiger charge is 2.50. The van der Waals surface area contributed by atoms with Crippen molar-refractivity contribution in [3.8, 4) is 5.75 Å². The van der Waals surface area contributed by atoms with Gasteiger partial charge in [0.2, 0.25) is 6.29 Å². The summed E-state index contributed by atoms with van der Waals surface area (Å²) in [5, 5.41) is 0. The lowest BCUT2D eigenvalue weighted by Crippen LogP contribution is -2.46. The predicted octanol–water partition coefficient (Wildman–Crippen LogP) is 3.21. The van der Waals surface area contributed by atoms with Crippen LogP contribution in [0.5, 0.6) is 5.75 Å². The molecule has 0 amide bonds. The summed E-state index contributed by atoms with van der Waals surface area (Å²) in [6.45, 7) is 1.82. The van der Waals surface area contributed by atoms with Gasteiger partial charge >= 0.3 is 0 Å². The van der Waals surface area contributed by atoms with Crippen LogP contribution >= 0.6 is 0 Å². The summed E-state index contributed by atoms with van der Waals surface area (Å²) in [4.78, 5) is 12.7. The highest BCUT2D eigenvalue weighted by Crippen LogP contribution is 2.49. The van der Waals surface area contributed by atoms with Gasteiger partial charge in [-0.25, -0.2) is 0 Å². The summed E-state index contributed by atoms with van der Waals surface area (Å²) < 4.78 is 11.8. The van der Waals surface area contributed by atoms with Gasteiger partial charge in [0.05, 0.1) is 0 Å². The zero-order valence-electron chi connectivity index (χ0n) is 10.4. The van der Waals surface area contributed by atoms with Crippen molar-refractivity contribution in [2.75, 3.05) is 0 Å². The Kier molecular flexibility index (Phi) is 1.96. The van der Waals surface area contributed by atoms with Gasteiger partial charge in [-0.05, 0) is 13.0 Å². The molecule has 2 heterocycles. The normalized spacial score (nSPS) is 27.2. The van der Waals surface area contributed by atoms with E-state index in [1.165, 1.54) is 0 Å². The van der Waals surface area contributed by atoms with Crippen molar-refractivity contribution >= 4 is 5.78 Å². The molecule has 0 fully saturated rings. The second kappa shape index (κ2) is 3.45. The molecule has 3 nitrogen and oxygen atoms in total. The maximum absolute atomic E-state index is 12.7. The summed E-state index contributed by atoms with van der Waals surface area (Å²) in [5.41, 5.74) is 1.34. The monoisotopic (exact) mass is 252 g/mol. The van der Waals surface area contributed by atoms with Crippen LogP contribution in [0.15, 0.2) is 48.5 Å². The molecule has 0 spiro atoms. The predicted molar refractivity (Wildman–Crippen MR) is 69.0 cm³/mol. The number of hydrogen-bond acceptors (Lipinski definition) is 3. The number of rotatable bonds is 0. The van der Waals surface area contributed by atoms with Crippen LogP contribution in [0.2, 0.25) is 0 Å². The molecular formula is C16H12O3. The van der Waals surface area contributed by atoms with Crippen LogP contribution in [0, 0.1) is 0 Å². The SMILES string of the molecule is C[C@@]12O[C@@H](Oc3ccccc31)c1ccccc1C2=O. The van der Waals surface area contributed by atoms with Crippen LogP contribution in [0.25, 0.3) is 0 Å². The number of hydrogen-bond donors (Lipinski definition) is 0. The van der Waals surface area contributed by atoms with E-state index in [1.807, 2.05) is 55.5 Å². The molecule has 0 saturated heterocycles. The number of benzene rings is 2. The van der Waals surface area contributed by atoms with E-state index in [0.29, 0.717) is 5.56 Å². The number of fused-ring (bicyclic) bond motifs is 6. The Hall–Kier alpha value is -2.13. The van der Waals surface area contributed by atoms with E-state index in [4.69, 9.17) is 9.47 Å². The van der Waals surface area contributed by atoms with E-state index in [0.717, 1.165) is 16.9 Å². The minimum Gasteiger partial charge on any atom is -0.460 e. The third-order valence-electron chi connectivity index (χ3n) is 3.87. The molecule has 94 valence electrons. The summed E-state index contributed by atoms with van der Waals surface area (Å²) in [7, 11) is 0. The van der Waals surface area contributed by atoms with Gasteiger partial charge in [-0.1, -0.05) is 42.5 Å². The number of ketones is 1. The minimum absolute atomic E-state index is 0.00454. The van der Waals surface area contributed by atoms with Crippen molar-refractivity contribution in [3.05, 3.63) is 65.2 Å². The molecule has 3 heteroatoms. The molecule has 2 bridgehead atoms. The first-order valence-corrected chi connectivity index (χ1v) is 6.28. The molecule has 19 heavy (non-hydrogen) atoms. The molecule has 0 aromatic heterocycles. The molecule has 0 N–H and O–H groups in total. The van der Waals surface area contributed by atoms with E-state index < -0.39 is 11.9 Å². The van der Waals surface area contributed by atoms with Gasteiger partial charge in [0, 0.05) is 16.7 Å². The maximum Gasteiger partial charge on any atom is 0.228 e. The van der Waals surface area contributed by atoms with Gasteiger partial charge in [-0.2, -0.15) is 0 Å². The highest BCUT2D eigenvalue weighted by atomic mass is 16.7. The lowest BCUT2D eigenvalue weighted by atomic mass is 9.81. The van der Waals surface area contributed by atoms with Crippen molar-refractivity contribution in [1.82, 2.24) is 0 Å². The zero-order valence-corrected chi connectivity index (χ0v) is 10.4. The van der Waals surface area contributed by atoms with Gasteiger partial charge in [-0.3, -0.25) is 4.79 Å². The Balaban J connectivity index is 2.00. The Morgan fingerprint density at radius 1 is 1.05 bits per heavy atom. The van der Waals surface area contributed by atoms with Crippen LogP contribution in [-0.2, 0) is 10.3 Å². The van der Waals surface area contributed by atoms with Gasteiger partial charge in [-0.15, -0.1) is 0 Å². The maximum atomic E-state index is 12.7. The average molecular weight is 252 g/mol. The van der Waals surface area contributed by atoms with Gasteiger partial charge in [0.15, 0.2) is 11.4 Å². The van der Waals surface area contributed by atoms with Gasteiger partial charge in [0.25, 0.3) is 0 Å². The summed E-state index contributed by atoms with van der Waals surface area (Å²) in [6, 6.07) is 15.0. The Morgan fingerprint density at radius 3 is 2.68 bits per heavy atom. The first-order chi connectivity index (χ1) is 9.20. The number of Topliss-reactive ketones (excluding diaryl/α,β-unsaturated/α-hetero) is 1. The molecule has 2 atom stereocenters. The second-order valence-corrected chi connectivity index (χ2v) is 5.01. The van der Waals surface area contributed by atoms with Crippen LogP contribution < -0.4 is 4.74 Å². The average Bonchev–Trinajstić information content (AvgIpc) is 2.45. The third kappa shape index (κ3) is 1.28. The first kappa shape index (κ1) is 10.8. The lowest BCUT2D eigenvalue weighted by Gasteiger charge is -2.43. The van der Waals surface area contributed by atoms with Crippen LogP contribution in [0.4, 0.5) is 0 Å². The zero-order chi connectivity index (χ0) is 13.0. The van der Waals surface area contributed by atoms with Crippen LogP contribution in [-0.4, -0.2) is 5.78 Å². The van der Waals surface area contributed by atoms with Crippen molar-refractivity contribution < 1.29 is 14.3 Å². The molecule has 2 aliphatic rings. The van der Waals surface area contributed by atoms with E-state index in [2.05, 4.69) is 0 Å². The summed E-state index contributed by atoms with van der Waals surface area (Å²) >= 11 is 0. The van der Waals surface area contributed by atoms with E-state index >= 15 is 0 Å². The Bertz CT molecular complexity index is 692. The first-order valence-electron chi connectivity index (χ1n) is 6.28. The van der Waals surface area contributed by atoms with E-state index in [1.54, 1.807) is 0 Å². The number of ether oxygens (including phenoxy) is 2. The molecule has 2 aromatic carbocycles. The smallest absolute Gasteiger partial charge is 0.228 e. The van der Waals surface area contributed by atoms with Crippen molar-refractivity contribution in [2.45, 2.75) is 18.8 Å². The molecule has 2 aliphatic heterocycles. The molecule has 0 radical (unpaired) electrons. The van der Waals surface area contributed by atoms with E-state index in [9.17, 15) is 4.79 Å². The quantitative estimate of drug-likeness (QED) is 0.722.